The van der Waals surface area contributed by atoms with E-state index in [9.17, 15) is 33.9 Å². The number of hydrogen-bond acceptors (Lipinski definition) is 8. The van der Waals surface area contributed by atoms with Crippen molar-refractivity contribution in [1.29, 1.82) is 0 Å². The van der Waals surface area contributed by atoms with Crippen LogP contribution in [0.15, 0.2) is 11.1 Å². The first-order valence-corrected chi connectivity index (χ1v) is 24.7. The Kier molecular flexibility index (Phi) is 12.0. The molecule has 0 radical (unpaired) electrons. The molecule has 0 bridgehead atoms. The average Bonchev–Trinajstić information content (AvgIpc) is 3.46. The molecule has 11 atom stereocenters. The van der Waals surface area contributed by atoms with Gasteiger partial charge >= 0.3 is 18.0 Å². The van der Waals surface area contributed by atoms with E-state index >= 15 is 0 Å². The van der Waals surface area contributed by atoms with Gasteiger partial charge in [-0.05, 0) is 162 Å². The number of allylic oxidation sites excluding steroid dienone is 1. The number of carboxylic acid groups (broad SMARTS) is 1. The quantitative estimate of drug-likeness (QED) is 0.202. The lowest BCUT2D eigenvalue weighted by Gasteiger charge is -2.72. The van der Waals surface area contributed by atoms with Gasteiger partial charge in [-0.2, -0.15) is 0 Å². The lowest BCUT2D eigenvalue weighted by Crippen LogP contribution is -2.68. The highest BCUT2D eigenvalue weighted by Crippen LogP contribution is 2.76. The van der Waals surface area contributed by atoms with Crippen LogP contribution in [0.1, 0.15) is 174 Å². The summed E-state index contributed by atoms with van der Waals surface area (Å²) in [7, 11) is 0. The van der Waals surface area contributed by atoms with E-state index in [2.05, 4.69) is 59.1 Å². The highest BCUT2D eigenvalue weighted by Gasteiger charge is 2.71. The Morgan fingerprint density at radius 3 is 2.08 bits per heavy atom. The van der Waals surface area contributed by atoms with Gasteiger partial charge in [0.25, 0.3) is 0 Å². The van der Waals surface area contributed by atoms with Gasteiger partial charge in [0.1, 0.15) is 17.2 Å². The van der Waals surface area contributed by atoms with Crippen LogP contribution >= 0.6 is 0 Å². The Morgan fingerprint density at radius 2 is 1.47 bits per heavy atom. The Hall–Kier alpha value is -3.44. The number of carbonyl (C=O) groups excluding carboxylic acids is 5. The fourth-order valence-corrected chi connectivity index (χ4v) is 15.4. The maximum Gasteiger partial charge on any atom is 0.410 e. The second-order valence-electron chi connectivity index (χ2n) is 25.4. The predicted molar refractivity (Wildman–Crippen MR) is 244 cm³/mol. The number of esters is 1. The van der Waals surface area contributed by atoms with Crippen molar-refractivity contribution in [1.82, 2.24) is 15.5 Å². The SMILES string of the molecule is CC(C)C1=C2[C@H]3CC[C@@H]4[C@@]5(C)CC[C@H](OC(=O)[C@H]6C[C@@H](C(=O)O)C6(C)C)C(C)(C)[C@@H]5CC[C@@]4(C)[C@]3(C)CC[C@@]2(NC(=O)C(C)(C)NC(=O)[C@H]2CCCN(C(=O)OC(C)(C)C)C2)CC1=O. The van der Waals surface area contributed by atoms with E-state index in [1.54, 1.807) is 18.7 Å². The molecule has 1 heterocycles. The number of piperidine rings is 1. The van der Waals surface area contributed by atoms with E-state index in [1.165, 1.54) is 0 Å². The molecule has 12 heteroatoms. The van der Waals surface area contributed by atoms with Crippen LogP contribution in [0, 0.1) is 68.5 Å². The number of amides is 3. The van der Waals surface area contributed by atoms with Crippen molar-refractivity contribution in [2.24, 2.45) is 68.5 Å². The monoisotopic (exact) mass is 892 g/mol. The average molecular weight is 892 g/mol. The normalized spacial score (nSPS) is 39.0. The van der Waals surface area contributed by atoms with Crippen LogP contribution in [0.4, 0.5) is 4.79 Å². The molecule has 12 nitrogen and oxygen atoms in total. The van der Waals surface area contributed by atoms with E-state index in [0.29, 0.717) is 44.1 Å². The molecule has 0 aromatic rings. The number of ether oxygens (including phenoxy) is 2. The predicted octanol–water partition coefficient (Wildman–Crippen LogP) is 9.04. The molecule has 1 saturated heterocycles. The van der Waals surface area contributed by atoms with Crippen LogP contribution < -0.4 is 10.6 Å². The maximum absolute atomic E-state index is 14.6. The molecule has 0 spiro atoms. The Bertz CT molecular complexity index is 1990. The van der Waals surface area contributed by atoms with Crippen LogP contribution in [0.25, 0.3) is 0 Å². The smallest absolute Gasteiger partial charge is 0.410 e. The third-order valence-electron chi connectivity index (χ3n) is 19.3. The molecule has 3 N–H and O–H groups in total. The van der Waals surface area contributed by atoms with Crippen LogP contribution in [0.3, 0.4) is 0 Å². The number of fused-ring (bicyclic) bond motifs is 7. The summed E-state index contributed by atoms with van der Waals surface area (Å²) in [4.78, 5) is 82.7. The van der Waals surface area contributed by atoms with Crippen molar-refractivity contribution in [2.45, 2.75) is 197 Å². The second-order valence-corrected chi connectivity index (χ2v) is 25.4. The number of hydrogen-bond donors (Lipinski definition) is 3. The number of carboxylic acids is 1. The molecule has 0 unspecified atom stereocenters. The molecule has 7 rings (SSSR count). The fraction of sp³-hybridized carbons (Fsp3) is 0.846. The lowest BCUT2D eigenvalue weighted by molar-refractivity contribution is -0.235. The third-order valence-corrected chi connectivity index (χ3v) is 19.3. The topological polar surface area (TPSA) is 168 Å². The molecule has 5 saturated carbocycles. The summed E-state index contributed by atoms with van der Waals surface area (Å²) in [6, 6.07) is 0. The van der Waals surface area contributed by atoms with Gasteiger partial charge in [0, 0.05) is 24.9 Å². The number of aliphatic carboxylic acids is 1. The first-order valence-electron chi connectivity index (χ1n) is 24.7. The molecular formula is C52H81N3O9. The zero-order valence-electron chi connectivity index (χ0n) is 41.7. The summed E-state index contributed by atoms with van der Waals surface area (Å²) in [5.41, 5.74) is -1.83. The fourth-order valence-electron chi connectivity index (χ4n) is 15.4. The number of nitrogens with one attached hydrogen (secondary N) is 2. The molecular weight excluding hydrogens is 811 g/mol. The van der Waals surface area contributed by atoms with Crippen LogP contribution in [-0.4, -0.2) is 81.5 Å². The summed E-state index contributed by atoms with van der Waals surface area (Å²) < 4.78 is 12.0. The van der Waals surface area contributed by atoms with Gasteiger partial charge in [-0.25, -0.2) is 4.79 Å². The van der Waals surface area contributed by atoms with E-state index in [-0.39, 0.29) is 76.1 Å². The summed E-state index contributed by atoms with van der Waals surface area (Å²) in [6.07, 6.45) is 8.33. The number of likely N-dealkylation sites (tertiary alicyclic amines) is 1. The van der Waals surface area contributed by atoms with E-state index in [4.69, 9.17) is 9.47 Å². The summed E-state index contributed by atoms with van der Waals surface area (Å²) in [5.74, 6) is -2.15. The van der Waals surface area contributed by atoms with Gasteiger partial charge in [-0.1, -0.05) is 62.3 Å². The first-order chi connectivity index (χ1) is 29.4. The highest BCUT2D eigenvalue weighted by atomic mass is 16.6. The van der Waals surface area contributed by atoms with Crippen LogP contribution in [-0.2, 0) is 33.4 Å². The van der Waals surface area contributed by atoms with Crippen molar-refractivity contribution in [2.75, 3.05) is 13.1 Å². The summed E-state index contributed by atoms with van der Waals surface area (Å²) >= 11 is 0. The molecule has 64 heavy (non-hydrogen) atoms. The maximum atomic E-state index is 14.6. The molecule has 7 aliphatic rings. The van der Waals surface area contributed by atoms with Crippen LogP contribution in [0.5, 0.6) is 0 Å². The van der Waals surface area contributed by atoms with Crippen molar-refractivity contribution < 1.29 is 43.3 Å². The first kappa shape index (κ1) is 48.5. The van der Waals surface area contributed by atoms with E-state index < -0.39 is 51.9 Å². The van der Waals surface area contributed by atoms with Gasteiger partial charge in [-0.3, -0.25) is 24.0 Å². The molecule has 6 aliphatic carbocycles. The molecule has 1 aliphatic heterocycles. The van der Waals surface area contributed by atoms with Gasteiger partial charge in [0.15, 0.2) is 5.78 Å². The Labute approximate surface area is 382 Å². The Balaban J connectivity index is 1.09. The number of rotatable bonds is 8. The molecule has 6 fully saturated rings. The molecule has 0 aromatic heterocycles. The molecule has 3 amide bonds. The standard InChI is InChI=1S/C52H81N3O9/c1-29(2)38-34(56)27-52(54-43(61)48(10,11)53-40(57)30-16-15-25-55(28-30)44(62)64-45(3,4)5)24-23-50(13)31(39(38)52)17-18-36-49(12)21-20-37(47(8,9)35(49)19-22-51(36,50)14)63-42(60)33-26-32(41(58)59)46(33,6)7/h29-33,35-37H,15-28H2,1-14H3,(H,53,57)(H,54,61)(H,58,59)/t30-,31+,32-,33+,35-,36+,37-,49-,50+,51+,52+/m0/s1. The Morgan fingerprint density at radius 1 is 0.797 bits per heavy atom. The minimum absolute atomic E-state index is 0.00549. The number of nitrogens with zero attached hydrogens (tertiary/aromatic N) is 1. The van der Waals surface area contributed by atoms with Crippen molar-refractivity contribution in [3.05, 3.63) is 11.1 Å². The van der Waals surface area contributed by atoms with E-state index in [1.807, 2.05) is 34.6 Å². The van der Waals surface area contributed by atoms with Crippen molar-refractivity contribution >= 4 is 35.6 Å². The lowest BCUT2D eigenvalue weighted by atomic mass is 9.33. The van der Waals surface area contributed by atoms with E-state index in [0.717, 1.165) is 56.1 Å². The second kappa shape index (κ2) is 15.8. The largest absolute Gasteiger partial charge is 0.481 e. The zero-order chi connectivity index (χ0) is 47.5. The number of ketones is 1. The molecule has 0 aromatic carbocycles. The van der Waals surface area contributed by atoms with Crippen molar-refractivity contribution in [3.8, 4) is 0 Å². The molecule has 358 valence electrons. The van der Waals surface area contributed by atoms with Gasteiger partial charge in [0.05, 0.1) is 23.3 Å². The minimum Gasteiger partial charge on any atom is -0.481 e. The van der Waals surface area contributed by atoms with Crippen LogP contribution in [0.2, 0.25) is 0 Å². The number of carbonyl (C=O) groups is 6. The van der Waals surface area contributed by atoms with Gasteiger partial charge < -0.3 is 30.1 Å². The van der Waals surface area contributed by atoms with Gasteiger partial charge in [-0.15, -0.1) is 0 Å². The minimum atomic E-state index is -1.28. The van der Waals surface area contributed by atoms with Gasteiger partial charge in [0.2, 0.25) is 11.8 Å². The zero-order valence-corrected chi connectivity index (χ0v) is 41.7. The highest BCUT2D eigenvalue weighted by molar-refractivity contribution is 6.03. The summed E-state index contributed by atoms with van der Waals surface area (Å²) in [5, 5.41) is 16.2. The third kappa shape index (κ3) is 7.62. The number of Topliss-reactive ketones (excluding diaryl/α,β-unsaturated/α-hetero) is 1. The summed E-state index contributed by atoms with van der Waals surface area (Å²) in [6.45, 7) is 29.7. The van der Waals surface area contributed by atoms with Crippen molar-refractivity contribution in [3.63, 3.8) is 0 Å².